The van der Waals surface area contributed by atoms with Crippen molar-refractivity contribution in [3.05, 3.63) is 81.8 Å². The van der Waals surface area contributed by atoms with Crippen molar-refractivity contribution in [2.45, 2.75) is 50.6 Å². The van der Waals surface area contributed by atoms with Crippen molar-refractivity contribution in [2.75, 3.05) is 0 Å². The number of thiazole rings is 1. The second kappa shape index (κ2) is 10.9. The Labute approximate surface area is 204 Å². The molecule has 1 aromatic heterocycles. The largest absolute Gasteiger partial charge is 0.486 e. The maximum absolute atomic E-state index is 12.8. The predicted molar refractivity (Wildman–Crippen MR) is 125 cm³/mol. The minimum Gasteiger partial charge on any atom is -0.486 e. The Morgan fingerprint density at radius 2 is 1.57 bits per heavy atom. The minimum absolute atomic E-state index is 0.135. The number of hydrogen-bond donors (Lipinski definition) is 2. The Hall–Kier alpha value is -3.40. The Balaban J connectivity index is 1.34. The third kappa shape index (κ3) is 6.60. The van der Waals surface area contributed by atoms with Gasteiger partial charge in [0, 0.05) is 23.0 Å². The maximum Gasteiger partial charge on any atom is 0.416 e. The monoisotopic (exact) mass is 503 g/mol. The molecule has 2 atom stereocenters. The molecule has 1 heterocycles. The number of para-hydroxylation sites is 1. The number of rotatable bonds is 7. The van der Waals surface area contributed by atoms with Crippen molar-refractivity contribution in [3.63, 3.8) is 0 Å². The van der Waals surface area contributed by atoms with E-state index in [1.54, 1.807) is 5.38 Å². The first kappa shape index (κ1) is 24.7. The van der Waals surface area contributed by atoms with Gasteiger partial charge in [0.2, 0.25) is 0 Å². The number of benzene rings is 2. The average molecular weight is 504 g/mol. The lowest BCUT2D eigenvalue weighted by Gasteiger charge is -2.32. The highest BCUT2D eigenvalue weighted by atomic mass is 32.1. The van der Waals surface area contributed by atoms with Crippen LogP contribution < -0.4 is 15.4 Å². The normalized spacial score (nSPS) is 18.0. The van der Waals surface area contributed by atoms with E-state index in [0.717, 1.165) is 37.1 Å². The Morgan fingerprint density at radius 1 is 0.943 bits per heavy atom. The van der Waals surface area contributed by atoms with E-state index in [4.69, 9.17) is 4.74 Å². The van der Waals surface area contributed by atoms with Gasteiger partial charge >= 0.3 is 6.18 Å². The van der Waals surface area contributed by atoms with Gasteiger partial charge in [0.05, 0.1) is 5.56 Å². The third-order valence-electron chi connectivity index (χ3n) is 5.76. The van der Waals surface area contributed by atoms with Crippen LogP contribution in [-0.4, -0.2) is 28.9 Å². The number of hydrogen-bond acceptors (Lipinski definition) is 5. The number of halogens is 3. The van der Waals surface area contributed by atoms with Crippen LogP contribution in [0.25, 0.3) is 0 Å². The molecule has 1 aliphatic rings. The van der Waals surface area contributed by atoms with Gasteiger partial charge in [-0.25, -0.2) is 4.98 Å². The van der Waals surface area contributed by atoms with E-state index in [-0.39, 0.29) is 35.9 Å². The van der Waals surface area contributed by atoms with Gasteiger partial charge in [-0.05, 0) is 49.2 Å². The van der Waals surface area contributed by atoms with Crippen molar-refractivity contribution < 1.29 is 27.5 Å². The van der Waals surface area contributed by atoms with Crippen LogP contribution in [0.2, 0.25) is 0 Å². The summed E-state index contributed by atoms with van der Waals surface area (Å²) in [7, 11) is 0. The first-order valence-corrected chi connectivity index (χ1v) is 12.1. The number of carbonyl (C=O) groups excluding carboxylic acids is 2. The molecule has 0 saturated heterocycles. The van der Waals surface area contributed by atoms with Crippen molar-refractivity contribution in [1.29, 1.82) is 0 Å². The van der Waals surface area contributed by atoms with Gasteiger partial charge in [0.15, 0.2) is 0 Å². The van der Waals surface area contributed by atoms with Crippen LogP contribution in [0.3, 0.4) is 0 Å². The highest BCUT2D eigenvalue weighted by molar-refractivity contribution is 7.09. The molecule has 0 aliphatic heterocycles. The fourth-order valence-corrected chi connectivity index (χ4v) is 4.61. The fraction of sp³-hybridized carbons (Fsp3) is 0.320. The number of ether oxygens (including phenoxy) is 1. The first-order valence-electron chi connectivity index (χ1n) is 11.2. The molecule has 10 heteroatoms. The van der Waals surface area contributed by atoms with Gasteiger partial charge in [-0.15, -0.1) is 11.3 Å². The molecule has 0 bridgehead atoms. The molecule has 2 N–H and O–H groups in total. The molecular weight excluding hydrogens is 479 g/mol. The molecule has 4 rings (SSSR count). The number of nitrogens with one attached hydrogen (secondary N) is 2. The SMILES string of the molecule is O=C(NC1CCCCC1NC(=O)c1csc(COc2ccccc2)n1)c1ccc(C(F)(F)F)cc1. The number of aromatic nitrogens is 1. The summed E-state index contributed by atoms with van der Waals surface area (Å²) in [4.78, 5) is 29.8. The highest BCUT2D eigenvalue weighted by Gasteiger charge is 2.31. The molecular formula is C25H24F3N3O3S. The molecule has 3 aromatic rings. The molecule has 2 amide bonds. The quantitative estimate of drug-likeness (QED) is 0.464. The number of nitrogens with zero attached hydrogens (tertiary/aromatic N) is 1. The van der Waals surface area contributed by atoms with E-state index in [1.165, 1.54) is 11.3 Å². The van der Waals surface area contributed by atoms with E-state index >= 15 is 0 Å². The van der Waals surface area contributed by atoms with Gasteiger partial charge in [0.1, 0.15) is 23.1 Å². The zero-order valence-electron chi connectivity index (χ0n) is 18.7. The summed E-state index contributed by atoms with van der Waals surface area (Å²) in [6.07, 6.45) is -1.35. The van der Waals surface area contributed by atoms with Gasteiger partial charge in [0.25, 0.3) is 11.8 Å². The molecule has 1 saturated carbocycles. The van der Waals surface area contributed by atoms with Gasteiger partial charge in [-0.3, -0.25) is 9.59 Å². The van der Waals surface area contributed by atoms with Crippen LogP contribution >= 0.6 is 11.3 Å². The number of alkyl halides is 3. The smallest absolute Gasteiger partial charge is 0.416 e. The van der Waals surface area contributed by atoms with E-state index in [2.05, 4.69) is 15.6 Å². The second-order valence-corrected chi connectivity index (χ2v) is 9.19. The van der Waals surface area contributed by atoms with Crippen LogP contribution in [0.4, 0.5) is 13.2 Å². The molecule has 6 nitrogen and oxygen atoms in total. The second-order valence-electron chi connectivity index (χ2n) is 8.25. The van der Waals surface area contributed by atoms with E-state index < -0.39 is 17.6 Å². The lowest BCUT2D eigenvalue weighted by Crippen LogP contribution is -2.53. The summed E-state index contributed by atoms with van der Waals surface area (Å²) in [5.41, 5.74) is -0.398. The van der Waals surface area contributed by atoms with Gasteiger partial charge in [-0.2, -0.15) is 13.2 Å². The van der Waals surface area contributed by atoms with E-state index in [1.807, 2.05) is 30.3 Å². The topological polar surface area (TPSA) is 80.3 Å². The molecule has 184 valence electrons. The molecule has 1 aliphatic carbocycles. The van der Waals surface area contributed by atoms with Crippen LogP contribution in [0.5, 0.6) is 5.75 Å². The fourth-order valence-electron chi connectivity index (χ4n) is 3.92. The minimum atomic E-state index is -4.46. The first-order chi connectivity index (χ1) is 16.8. The maximum atomic E-state index is 12.8. The van der Waals surface area contributed by atoms with E-state index in [9.17, 15) is 22.8 Å². The summed E-state index contributed by atoms with van der Waals surface area (Å²) >= 11 is 1.32. The predicted octanol–water partition coefficient (Wildman–Crippen LogP) is 5.21. The van der Waals surface area contributed by atoms with Gasteiger partial charge in [-0.1, -0.05) is 31.0 Å². The summed E-state index contributed by atoms with van der Waals surface area (Å²) in [5.74, 6) is -0.102. The summed E-state index contributed by atoms with van der Waals surface area (Å²) in [6, 6.07) is 12.7. The van der Waals surface area contributed by atoms with Crippen molar-refractivity contribution in [3.8, 4) is 5.75 Å². The lowest BCUT2D eigenvalue weighted by molar-refractivity contribution is -0.137. The Morgan fingerprint density at radius 3 is 2.20 bits per heavy atom. The zero-order chi connectivity index (χ0) is 24.8. The van der Waals surface area contributed by atoms with Gasteiger partial charge < -0.3 is 15.4 Å². The van der Waals surface area contributed by atoms with E-state index in [0.29, 0.717) is 23.6 Å². The van der Waals surface area contributed by atoms with Crippen molar-refractivity contribution in [2.24, 2.45) is 0 Å². The van der Waals surface area contributed by atoms with Crippen LogP contribution in [-0.2, 0) is 12.8 Å². The lowest BCUT2D eigenvalue weighted by atomic mass is 9.90. The molecule has 35 heavy (non-hydrogen) atoms. The van der Waals surface area contributed by atoms with Crippen LogP contribution in [0.15, 0.2) is 60.0 Å². The van der Waals surface area contributed by atoms with Crippen LogP contribution in [0, 0.1) is 0 Å². The molecule has 0 radical (unpaired) electrons. The molecule has 2 unspecified atom stereocenters. The summed E-state index contributed by atoms with van der Waals surface area (Å²) < 4.78 is 44.0. The third-order valence-corrected chi connectivity index (χ3v) is 6.59. The summed E-state index contributed by atoms with van der Waals surface area (Å²) in [6.45, 7) is 0.247. The number of carbonyl (C=O) groups is 2. The highest BCUT2D eigenvalue weighted by Crippen LogP contribution is 2.29. The molecule has 1 fully saturated rings. The zero-order valence-corrected chi connectivity index (χ0v) is 19.5. The number of amides is 2. The average Bonchev–Trinajstić information content (AvgIpc) is 3.33. The standard InChI is InChI=1S/C25H24F3N3O3S/c26-25(27,28)17-12-10-16(11-13-17)23(32)30-19-8-4-5-9-20(19)31-24(33)21-15-35-22(29-21)14-34-18-6-2-1-3-7-18/h1-3,6-7,10-13,15,19-20H,4-5,8-9,14H2,(H,30,32)(H,31,33). The van der Waals surface area contributed by atoms with Crippen molar-refractivity contribution in [1.82, 2.24) is 15.6 Å². The molecule has 2 aromatic carbocycles. The van der Waals surface area contributed by atoms with Crippen LogP contribution in [0.1, 0.15) is 57.1 Å². The molecule has 0 spiro atoms. The van der Waals surface area contributed by atoms with Crippen molar-refractivity contribution >= 4 is 23.2 Å². The Kier molecular flexibility index (Phi) is 7.70. The Bertz CT molecular complexity index is 1150. The summed E-state index contributed by atoms with van der Waals surface area (Å²) in [5, 5.41) is 8.16.